The van der Waals surface area contributed by atoms with Crippen molar-refractivity contribution in [1.82, 2.24) is 29.0 Å². The Morgan fingerprint density at radius 1 is 1.11 bits per heavy atom. The second-order valence-electron chi connectivity index (χ2n) is 6.60. The molecule has 136 valence electrons. The van der Waals surface area contributed by atoms with Crippen molar-refractivity contribution < 1.29 is 9.21 Å². The van der Waals surface area contributed by atoms with Gasteiger partial charge in [-0.2, -0.15) is 5.10 Å². The number of hydrogen-bond acceptors (Lipinski definition) is 5. The molecule has 8 nitrogen and oxygen atoms in total. The normalized spacial score (nSPS) is 15.5. The SMILES string of the molecule is O=C(c1ccco1)N1CCC(n2ccnc2-c2cnn3cccnc23)CC1. The molecule has 27 heavy (non-hydrogen) atoms. The zero-order chi connectivity index (χ0) is 18.2. The summed E-state index contributed by atoms with van der Waals surface area (Å²) in [6.45, 7) is 1.38. The zero-order valence-electron chi connectivity index (χ0n) is 14.6. The summed E-state index contributed by atoms with van der Waals surface area (Å²) in [5.74, 6) is 1.21. The number of hydrogen-bond donors (Lipinski definition) is 0. The van der Waals surface area contributed by atoms with Gasteiger partial charge in [0.05, 0.1) is 18.0 Å². The average Bonchev–Trinajstić information content (AvgIpc) is 3.47. The number of imidazole rings is 1. The molecule has 0 spiro atoms. The van der Waals surface area contributed by atoms with Gasteiger partial charge in [0.25, 0.3) is 5.91 Å². The Balaban J connectivity index is 1.37. The first-order chi connectivity index (χ1) is 13.3. The molecule has 0 atom stereocenters. The van der Waals surface area contributed by atoms with Crippen molar-refractivity contribution in [3.8, 4) is 11.4 Å². The van der Waals surface area contributed by atoms with E-state index in [1.165, 1.54) is 6.26 Å². The number of carbonyl (C=O) groups excluding carboxylic acids is 1. The maximum absolute atomic E-state index is 12.4. The lowest BCUT2D eigenvalue weighted by atomic mass is 10.0. The van der Waals surface area contributed by atoms with Gasteiger partial charge in [-0.05, 0) is 31.0 Å². The summed E-state index contributed by atoms with van der Waals surface area (Å²) >= 11 is 0. The Bertz CT molecular complexity index is 1070. The van der Waals surface area contributed by atoms with Gasteiger partial charge in [0.1, 0.15) is 5.82 Å². The van der Waals surface area contributed by atoms with E-state index < -0.39 is 0 Å². The van der Waals surface area contributed by atoms with Crippen molar-refractivity contribution in [1.29, 1.82) is 0 Å². The molecule has 1 aliphatic heterocycles. The van der Waals surface area contributed by atoms with E-state index in [0.29, 0.717) is 18.8 Å². The molecule has 4 aromatic rings. The second kappa shape index (κ2) is 6.39. The summed E-state index contributed by atoms with van der Waals surface area (Å²) < 4.78 is 9.16. The third-order valence-corrected chi connectivity index (χ3v) is 5.07. The van der Waals surface area contributed by atoms with Crippen molar-refractivity contribution in [2.45, 2.75) is 18.9 Å². The maximum atomic E-state index is 12.4. The molecule has 1 amide bonds. The molecule has 1 saturated heterocycles. The van der Waals surface area contributed by atoms with E-state index in [1.54, 1.807) is 29.0 Å². The number of furan rings is 1. The predicted octanol–water partition coefficient (Wildman–Crippen LogP) is 2.66. The Hall–Kier alpha value is -3.42. The number of piperidine rings is 1. The van der Waals surface area contributed by atoms with Gasteiger partial charge in [-0.3, -0.25) is 4.79 Å². The molecule has 0 bridgehead atoms. The summed E-state index contributed by atoms with van der Waals surface area (Å²) in [7, 11) is 0. The predicted molar refractivity (Wildman–Crippen MR) is 97.1 cm³/mol. The minimum atomic E-state index is -0.0452. The molecule has 4 aromatic heterocycles. The molecule has 0 aliphatic carbocycles. The standard InChI is InChI=1S/C19H18N6O2/c26-19(16-3-1-12-27-16)23-9-4-14(5-10-23)24-11-7-21-17(24)15-13-22-25-8-2-6-20-18(15)25/h1-3,6-8,11-14H,4-5,9-10H2. The van der Waals surface area contributed by atoms with Crippen LogP contribution in [-0.2, 0) is 0 Å². The summed E-state index contributed by atoms with van der Waals surface area (Å²) in [6, 6.07) is 5.58. The van der Waals surface area contributed by atoms with Gasteiger partial charge in [-0.15, -0.1) is 0 Å². The van der Waals surface area contributed by atoms with Gasteiger partial charge < -0.3 is 13.9 Å². The summed E-state index contributed by atoms with van der Waals surface area (Å²) in [6.07, 6.45) is 12.5. The van der Waals surface area contributed by atoms with Crippen molar-refractivity contribution in [2.24, 2.45) is 0 Å². The largest absolute Gasteiger partial charge is 0.459 e. The van der Waals surface area contributed by atoms with Crippen LogP contribution in [0, 0.1) is 0 Å². The molecule has 1 aliphatic rings. The van der Waals surface area contributed by atoms with Crippen molar-refractivity contribution in [3.05, 3.63) is 61.2 Å². The molecule has 1 fully saturated rings. The van der Waals surface area contributed by atoms with Crippen LogP contribution in [0.4, 0.5) is 0 Å². The molecular weight excluding hydrogens is 344 g/mol. The van der Waals surface area contributed by atoms with E-state index in [1.807, 2.05) is 29.6 Å². The van der Waals surface area contributed by atoms with Gasteiger partial charge >= 0.3 is 0 Å². The van der Waals surface area contributed by atoms with E-state index in [9.17, 15) is 4.79 Å². The van der Waals surface area contributed by atoms with E-state index in [-0.39, 0.29) is 11.9 Å². The lowest BCUT2D eigenvalue weighted by Crippen LogP contribution is -2.38. The van der Waals surface area contributed by atoms with Crippen LogP contribution >= 0.6 is 0 Å². The summed E-state index contributed by atoms with van der Waals surface area (Å²) in [5.41, 5.74) is 1.70. The summed E-state index contributed by atoms with van der Waals surface area (Å²) in [5, 5.41) is 4.36. The quantitative estimate of drug-likeness (QED) is 0.560. The van der Waals surface area contributed by atoms with Crippen molar-refractivity contribution >= 4 is 11.6 Å². The number of likely N-dealkylation sites (tertiary alicyclic amines) is 1. The molecule has 0 unspecified atom stereocenters. The number of amides is 1. The van der Waals surface area contributed by atoms with E-state index in [0.717, 1.165) is 29.9 Å². The van der Waals surface area contributed by atoms with Crippen LogP contribution < -0.4 is 0 Å². The first kappa shape index (κ1) is 15.8. The van der Waals surface area contributed by atoms with Crippen molar-refractivity contribution in [3.63, 3.8) is 0 Å². The molecule has 0 N–H and O–H groups in total. The smallest absolute Gasteiger partial charge is 0.289 e. The Morgan fingerprint density at radius 3 is 2.81 bits per heavy atom. The number of carbonyl (C=O) groups is 1. The Morgan fingerprint density at radius 2 is 2.00 bits per heavy atom. The third-order valence-electron chi connectivity index (χ3n) is 5.07. The molecule has 5 heterocycles. The highest BCUT2D eigenvalue weighted by Gasteiger charge is 2.27. The number of rotatable bonds is 3. The van der Waals surface area contributed by atoms with Crippen LogP contribution in [-0.4, -0.2) is 48.0 Å². The van der Waals surface area contributed by atoms with Crippen molar-refractivity contribution in [2.75, 3.05) is 13.1 Å². The van der Waals surface area contributed by atoms with E-state index in [4.69, 9.17) is 4.42 Å². The lowest BCUT2D eigenvalue weighted by molar-refractivity contribution is 0.0663. The Labute approximate surface area is 155 Å². The van der Waals surface area contributed by atoms with Crippen LogP contribution in [0.1, 0.15) is 29.4 Å². The number of fused-ring (bicyclic) bond motifs is 1. The molecule has 0 saturated carbocycles. The second-order valence-corrected chi connectivity index (χ2v) is 6.60. The number of nitrogens with zero attached hydrogens (tertiary/aromatic N) is 6. The maximum Gasteiger partial charge on any atom is 0.289 e. The first-order valence-corrected chi connectivity index (χ1v) is 8.95. The highest BCUT2D eigenvalue weighted by molar-refractivity contribution is 5.91. The zero-order valence-corrected chi connectivity index (χ0v) is 14.6. The topological polar surface area (TPSA) is 81.5 Å². The molecule has 8 heteroatoms. The molecule has 0 aromatic carbocycles. The van der Waals surface area contributed by atoms with Crippen LogP contribution in [0.2, 0.25) is 0 Å². The van der Waals surface area contributed by atoms with Gasteiger partial charge in [0, 0.05) is 43.9 Å². The lowest BCUT2D eigenvalue weighted by Gasteiger charge is -2.32. The Kier molecular flexibility index (Phi) is 3.74. The third kappa shape index (κ3) is 2.69. The number of aromatic nitrogens is 5. The fourth-order valence-electron chi connectivity index (χ4n) is 3.70. The van der Waals surface area contributed by atoms with Gasteiger partial charge in [0.15, 0.2) is 11.4 Å². The molecular formula is C19H18N6O2. The van der Waals surface area contributed by atoms with Crippen LogP contribution in [0.15, 0.2) is 59.9 Å². The molecule has 0 radical (unpaired) electrons. The van der Waals surface area contributed by atoms with Gasteiger partial charge in [-0.1, -0.05) is 0 Å². The molecule has 5 rings (SSSR count). The van der Waals surface area contributed by atoms with E-state index >= 15 is 0 Å². The monoisotopic (exact) mass is 362 g/mol. The van der Waals surface area contributed by atoms with Crippen LogP contribution in [0.25, 0.3) is 17.0 Å². The fraction of sp³-hybridized carbons (Fsp3) is 0.263. The minimum absolute atomic E-state index is 0.0452. The van der Waals surface area contributed by atoms with Gasteiger partial charge in [0.2, 0.25) is 0 Å². The first-order valence-electron chi connectivity index (χ1n) is 8.95. The highest BCUT2D eigenvalue weighted by Crippen LogP contribution is 2.30. The average molecular weight is 362 g/mol. The minimum Gasteiger partial charge on any atom is -0.459 e. The van der Waals surface area contributed by atoms with Gasteiger partial charge in [-0.25, -0.2) is 14.5 Å². The highest BCUT2D eigenvalue weighted by atomic mass is 16.3. The van der Waals surface area contributed by atoms with E-state index in [2.05, 4.69) is 19.6 Å². The summed E-state index contributed by atoms with van der Waals surface area (Å²) in [4.78, 5) is 23.3. The van der Waals surface area contributed by atoms with Crippen LogP contribution in [0.5, 0.6) is 0 Å². The van der Waals surface area contributed by atoms with Crippen LogP contribution in [0.3, 0.4) is 0 Å². The fourth-order valence-corrected chi connectivity index (χ4v) is 3.70.